The molecule has 1 aromatic rings. The molecule has 0 aromatic heterocycles. The summed E-state index contributed by atoms with van der Waals surface area (Å²) in [6.45, 7) is 0.00400. The van der Waals surface area contributed by atoms with Gasteiger partial charge in [-0.2, -0.15) is 0 Å². The molecule has 5 nitrogen and oxygen atoms in total. The third kappa shape index (κ3) is 3.62. The highest BCUT2D eigenvalue weighted by atomic mass is 35.7. The summed E-state index contributed by atoms with van der Waals surface area (Å²) in [5.74, 6) is -3.41. The van der Waals surface area contributed by atoms with E-state index >= 15 is 0 Å². The van der Waals surface area contributed by atoms with Gasteiger partial charge in [0.25, 0.3) is 0 Å². The van der Waals surface area contributed by atoms with E-state index < -0.39 is 32.5 Å². The summed E-state index contributed by atoms with van der Waals surface area (Å²) in [5, 5.41) is 0. The predicted octanol–water partition coefficient (Wildman–Crippen LogP) is 1.89. The normalized spacial score (nSPS) is 19.1. The van der Waals surface area contributed by atoms with E-state index in [4.69, 9.17) is 15.4 Å². The van der Waals surface area contributed by atoms with Gasteiger partial charge in [-0.15, -0.1) is 0 Å². The maximum atomic E-state index is 13.6. The average molecular weight is 340 g/mol. The molecular weight excluding hydrogens is 328 g/mol. The van der Waals surface area contributed by atoms with Crippen LogP contribution in [0.3, 0.4) is 0 Å². The van der Waals surface area contributed by atoms with Crippen LogP contribution in [0.2, 0.25) is 0 Å². The highest BCUT2D eigenvalue weighted by molar-refractivity contribution is 8.13. The maximum absolute atomic E-state index is 13.6. The van der Waals surface area contributed by atoms with E-state index in [0.717, 1.165) is 11.0 Å². The first-order valence-electron chi connectivity index (χ1n) is 5.97. The Bertz CT molecular complexity index is 680. The Balaban J connectivity index is 2.33. The van der Waals surface area contributed by atoms with Gasteiger partial charge in [-0.25, -0.2) is 17.2 Å². The topological polar surface area (TPSA) is 63.7 Å². The monoisotopic (exact) mass is 339 g/mol. The molecule has 116 valence electrons. The highest BCUT2D eigenvalue weighted by Gasteiger charge is 2.35. The maximum Gasteiger partial charge on any atom is 0.232 e. The smallest absolute Gasteiger partial charge is 0.232 e. The second kappa shape index (κ2) is 5.76. The summed E-state index contributed by atoms with van der Waals surface area (Å²) in [5.41, 5.74) is -0.0607. The minimum absolute atomic E-state index is 0.00400. The molecule has 0 radical (unpaired) electrons. The summed E-state index contributed by atoms with van der Waals surface area (Å²) in [4.78, 5) is 13.1. The summed E-state index contributed by atoms with van der Waals surface area (Å²) in [6, 6.07) is 1.61. The van der Waals surface area contributed by atoms with Gasteiger partial charge in [0.2, 0.25) is 15.0 Å². The van der Waals surface area contributed by atoms with Crippen LogP contribution in [-0.2, 0) is 13.8 Å². The van der Waals surface area contributed by atoms with E-state index in [-0.39, 0.29) is 30.2 Å². The van der Waals surface area contributed by atoms with Gasteiger partial charge >= 0.3 is 0 Å². The number of hydrogen-bond donors (Lipinski definition) is 0. The fourth-order valence-corrected chi connectivity index (χ4v) is 3.68. The van der Waals surface area contributed by atoms with E-state index in [1.54, 1.807) is 0 Å². The van der Waals surface area contributed by atoms with Crippen LogP contribution in [0.1, 0.15) is 6.42 Å². The lowest BCUT2D eigenvalue weighted by Crippen LogP contribution is -2.26. The number of nitrogens with zero attached hydrogens (tertiary/aromatic N) is 1. The summed E-state index contributed by atoms with van der Waals surface area (Å²) in [6.07, 6.45) is -0.0623. The summed E-state index contributed by atoms with van der Waals surface area (Å²) >= 11 is 0. The summed E-state index contributed by atoms with van der Waals surface area (Å²) in [7, 11) is 2.60. The molecular formula is C12H12ClF2NO4S. The van der Waals surface area contributed by atoms with Crippen molar-refractivity contribution < 1.29 is 26.7 Å². The second-order valence-corrected chi connectivity index (χ2v) is 7.54. The number of benzene rings is 1. The lowest BCUT2D eigenvalue weighted by Gasteiger charge is -2.20. The minimum atomic E-state index is -3.75. The van der Waals surface area contributed by atoms with Crippen LogP contribution in [0.4, 0.5) is 14.5 Å². The third-order valence-corrected chi connectivity index (χ3v) is 4.37. The van der Waals surface area contributed by atoms with Crippen LogP contribution < -0.4 is 9.64 Å². The van der Waals surface area contributed by atoms with E-state index in [9.17, 15) is 22.0 Å². The lowest BCUT2D eigenvalue weighted by molar-refractivity contribution is -0.117. The summed E-state index contributed by atoms with van der Waals surface area (Å²) < 4.78 is 53.9. The van der Waals surface area contributed by atoms with E-state index in [0.29, 0.717) is 6.07 Å². The van der Waals surface area contributed by atoms with Crippen LogP contribution in [0.15, 0.2) is 12.1 Å². The van der Waals surface area contributed by atoms with Crippen molar-refractivity contribution in [3.05, 3.63) is 23.8 Å². The fraction of sp³-hybridized carbons (Fsp3) is 0.417. The van der Waals surface area contributed by atoms with Crippen LogP contribution >= 0.6 is 10.7 Å². The molecule has 9 heteroatoms. The molecule has 0 N–H and O–H groups in total. The number of methoxy groups -OCH3 is 1. The number of carbonyl (C=O) groups is 1. The van der Waals surface area contributed by atoms with Crippen molar-refractivity contribution in [1.82, 2.24) is 0 Å². The molecule has 1 aromatic carbocycles. The number of ether oxygens (including phenoxy) is 1. The average Bonchev–Trinajstić information content (AvgIpc) is 2.66. The second-order valence-electron chi connectivity index (χ2n) is 4.72. The number of amides is 1. The van der Waals surface area contributed by atoms with Crippen LogP contribution in [0, 0.1) is 17.6 Å². The molecule has 0 aliphatic carbocycles. The molecule has 0 saturated carbocycles. The van der Waals surface area contributed by atoms with Crippen molar-refractivity contribution in [3.8, 4) is 5.75 Å². The van der Waals surface area contributed by atoms with E-state index in [2.05, 4.69) is 0 Å². The molecule has 1 aliphatic heterocycles. The zero-order valence-electron chi connectivity index (χ0n) is 11.0. The number of carbonyl (C=O) groups excluding carboxylic acids is 1. The van der Waals surface area contributed by atoms with Crippen LogP contribution in [-0.4, -0.2) is 33.7 Å². The largest absolute Gasteiger partial charge is 0.492 e. The number of anilines is 1. The Kier molecular flexibility index (Phi) is 4.38. The van der Waals surface area contributed by atoms with Gasteiger partial charge < -0.3 is 9.64 Å². The van der Waals surface area contributed by atoms with Crippen molar-refractivity contribution in [2.24, 2.45) is 5.92 Å². The zero-order chi connectivity index (χ0) is 15.8. The van der Waals surface area contributed by atoms with Crippen molar-refractivity contribution in [1.29, 1.82) is 0 Å². The van der Waals surface area contributed by atoms with Gasteiger partial charge in [0.05, 0.1) is 18.6 Å². The van der Waals surface area contributed by atoms with Crippen molar-refractivity contribution in [2.75, 3.05) is 24.3 Å². The van der Waals surface area contributed by atoms with Crippen molar-refractivity contribution >= 4 is 31.3 Å². The van der Waals surface area contributed by atoms with Gasteiger partial charge in [0.1, 0.15) is 5.82 Å². The van der Waals surface area contributed by atoms with Gasteiger partial charge in [-0.1, -0.05) is 0 Å². The molecule has 1 saturated heterocycles. The van der Waals surface area contributed by atoms with Crippen molar-refractivity contribution in [3.63, 3.8) is 0 Å². The Morgan fingerprint density at radius 3 is 2.67 bits per heavy atom. The molecule has 1 fully saturated rings. The molecule has 1 heterocycles. The predicted molar refractivity (Wildman–Crippen MR) is 73.0 cm³/mol. The molecule has 1 atom stereocenters. The molecule has 0 bridgehead atoms. The fourth-order valence-electron chi connectivity index (χ4n) is 2.36. The minimum Gasteiger partial charge on any atom is -0.492 e. The first-order chi connectivity index (χ1) is 9.71. The Labute approximate surface area is 124 Å². The van der Waals surface area contributed by atoms with E-state index in [1.165, 1.54) is 7.11 Å². The number of halogens is 3. The first kappa shape index (κ1) is 16.0. The molecule has 1 aliphatic rings. The van der Waals surface area contributed by atoms with Crippen LogP contribution in [0.5, 0.6) is 5.75 Å². The van der Waals surface area contributed by atoms with Gasteiger partial charge in [-0.05, 0) is 0 Å². The highest BCUT2D eigenvalue weighted by Crippen LogP contribution is 2.36. The molecule has 2 rings (SSSR count). The van der Waals surface area contributed by atoms with Crippen molar-refractivity contribution in [2.45, 2.75) is 6.42 Å². The molecule has 1 amide bonds. The molecule has 0 spiro atoms. The lowest BCUT2D eigenvalue weighted by atomic mass is 10.1. The standard InChI is InChI=1S/C12H12ClF2NO4S/c1-20-12-9(15)3-8(14)4-10(12)16-5-7(2-11(16)17)6-21(13,18)19/h3-4,7H,2,5-6H2,1H3. The number of hydrogen-bond acceptors (Lipinski definition) is 4. The first-order valence-corrected chi connectivity index (χ1v) is 8.45. The zero-order valence-corrected chi connectivity index (χ0v) is 12.5. The third-order valence-electron chi connectivity index (χ3n) is 3.12. The van der Waals surface area contributed by atoms with Gasteiger partial charge in [-0.3, -0.25) is 4.79 Å². The quantitative estimate of drug-likeness (QED) is 0.786. The SMILES string of the molecule is COc1c(F)cc(F)cc1N1CC(CS(=O)(=O)Cl)CC1=O. The number of rotatable bonds is 4. The molecule has 1 unspecified atom stereocenters. The Hall–Kier alpha value is -1.41. The van der Waals surface area contributed by atoms with E-state index in [1.807, 2.05) is 0 Å². The van der Waals surface area contributed by atoms with Gasteiger partial charge in [0, 0.05) is 41.7 Å². The Morgan fingerprint density at radius 2 is 2.10 bits per heavy atom. The van der Waals surface area contributed by atoms with Gasteiger partial charge in [0.15, 0.2) is 11.6 Å². The Morgan fingerprint density at radius 1 is 1.43 bits per heavy atom. The molecule has 21 heavy (non-hydrogen) atoms. The van der Waals surface area contributed by atoms with Crippen LogP contribution in [0.25, 0.3) is 0 Å².